The number of halogens is 3. The van der Waals surface area contributed by atoms with Gasteiger partial charge in [0.05, 0.1) is 13.1 Å². The van der Waals surface area contributed by atoms with Crippen molar-refractivity contribution in [2.75, 3.05) is 26.2 Å². The summed E-state index contributed by atoms with van der Waals surface area (Å²) in [4.78, 5) is 19.3. The summed E-state index contributed by atoms with van der Waals surface area (Å²) in [6.45, 7) is 4.66. The minimum absolute atomic E-state index is 0.0398. The lowest BCUT2D eigenvalue weighted by Gasteiger charge is -2.28. The van der Waals surface area contributed by atoms with E-state index in [2.05, 4.69) is 48.4 Å². The number of pyridine rings is 1. The first-order chi connectivity index (χ1) is 19.7. The average molecular weight is 564 g/mol. The molecule has 0 spiro atoms. The van der Waals surface area contributed by atoms with Gasteiger partial charge in [0.1, 0.15) is 23.7 Å². The van der Waals surface area contributed by atoms with Crippen molar-refractivity contribution in [3.63, 3.8) is 0 Å². The van der Waals surface area contributed by atoms with Crippen LogP contribution in [-0.4, -0.2) is 57.9 Å². The minimum Gasteiger partial charge on any atom is -0.489 e. The van der Waals surface area contributed by atoms with Crippen LogP contribution in [0.25, 0.3) is 22.4 Å². The lowest BCUT2D eigenvalue weighted by atomic mass is 9.98. The maximum atomic E-state index is 13.6. The molecule has 10 heteroatoms. The van der Waals surface area contributed by atoms with Gasteiger partial charge in [0.15, 0.2) is 0 Å². The summed E-state index contributed by atoms with van der Waals surface area (Å²) in [5.74, 6) is 0.893. The molecule has 0 fully saturated rings. The van der Waals surface area contributed by atoms with Gasteiger partial charge < -0.3 is 15.0 Å². The quantitative estimate of drug-likeness (QED) is 0.243. The van der Waals surface area contributed by atoms with Gasteiger partial charge in [-0.05, 0) is 46.9 Å². The number of ether oxygens (including phenoxy) is 1. The van der Waals surface area contributed by atoms with E-state index in [1.54, 1.807) is 22.0 Å². The highest BCUT2D eigenvalue weighted by Crippen LogP contribution is 2.37. The number of hydrogen-bond acceptors (Lipinski definition) is 5. The number of carbonyl (C=O) groups is 1. The predicted octanol–water partition coefficient (Wildman–Crippen LogP) is 5.92. The Balaban J connectivity index is 1.38. The smallest absolute Gasteiger partial charge is 0.401 e. The molecule has 3 heterocycles. The molecule has 0 saturated heterocycles. The Hall–Kier alpha value is -4.18. The third-order valence-corrected chi connectivity index (χ3v) is 7.06. The lowest BCUT2D eigenvalue weighted by Crippen LogP contribution is -2.44. The maximum absolute atomic E-state index is 13.6. The van der Waals surface area contributed by atoms with Gasteiger partial charge in [-0.2, -0.15) is 18.3 Å². The van der Waals surface area contributed by atoms with E-state index >= 15 is 0 Å². The SMILES string of the molecule is CC(C)c1ccc(COc2ccc(-c3c(-c4ccncc4)nn4c3C(=O)N(CCNCC(F)(F)F)CC4)cc2)cc1. The van der Waals surface area contributed by atoms with E-state index in [4.69, 9.17) is 9.84 Å². The van der Waals surface area contributed by atoms with Gasteiger partial charge in [0, 0.05) is 43.2 Å². The van der Waals surface area contributed by atoms with Crippen molar-refractivity contribution in [3.8, 4) is 28.1 Å². The van der Waals surface area contributed by atoms with Crippen LogP contribution >= 0.6 is 0 Å². The number of rotatable bonds is 10. The number of nitrogens with zero attached hydrogens (tertiary/aromatic N) is 4. The van der Waals surface area contributed by atoms with E-state index in [9.17, 15) is 18.0 Å². The van der Waals surface area contributed by atoms with Gasteiger partial charge in [-0.3, -0.25) is 14.5 Å². The van der Waals surface area contributed by atoms with Crippen LogP contribution < -0.4 is 10.1 Å². The molecule has 0 unspecified atom stereocenters. The number of fused-ring (bicyclic) bond motifs is 1. The highest BCUT2D eigenvalue weighted by molar-refractivity contribution is 6.03. The number of carbonyl (C=O) groups excluding carboxylic acids is 1. The molecule has 5 rings (SSSR count). The summed E-state index contributed by atoms with van der Waals surface area (Å²) >= 11 is 0. The minimum atomic E-state index is -4.30. The summed E-state index contributed by atoms with van der Waals surface area (Å²) in [6, 6.07) is 19.6. The van der Waals surface area contributed by atoms with Gasteiger partial charge in [-0.15, -0.1) is 0 Å². The summed E-state index contributed by atoms with van der Waals surface area (Å²) in [6.07, 6.45) is -0.962. The fraction of sp³-hybridized carbons (Fsp3) is 0.323. The van der Waals surface area contributed by atoms with Crippen molar-refractivity contribution >= 4 is 5.91 Å². The number of aromatic nitrogens is 3. The number of hydrogen-bond donors (Lipinski definition) is 1. The van der Waals surface area contributed by atoms with Gasteiger partial charge in [-0.1, -0.05) is 50.2 Å². The highest BCUT2D eigenvalue weighted by Gasteiger charge is 2.32. The van der Waals surface area contributed by atoms with E-state index in [1.165, 1.54) is 5.56 Å². The summed E-state index contributed by atoms with van der Waals surface area (Å²) in [7, 11) is 0. The molecule has 2 aromatic heterocycles. The molecule has 0 radical (unpaired) electrons. The van der Waals surface area contributed by atoms with Crippen molar-refractivity contribution < 1.29 is 22.7 Å². The fourth-order valence-corrected chi connectivity index (χ4v) is 4.83. The predicted molar refractivity (Wildman–Crippen MR) is 151 cm³/mol. The zero-order valence-electron chi connectivity index (χ0n) is 23.0. The van der Waals surface area contributed by atoms with Crippen molar-refractivity contribution in [2.45, 2.75) is 39.1 Å². The first-order valence-electron chi connectivity index (χ1n) is 13.6. The zero-order chi connectivity index (χ0) is 29.0. The molecule has 214 valence electrons. The fourth-order valence-electron chi connectivity index (χ4n) is 4.83. The second kappa shape index (κ2) is 12.1. The monoisotopic (exact) mass is 563 g/mol. The van der Waals surface area contributed by atoms with E-state index in [0.29, 0.717) is 48.3 Å². The third kappa shape index (κ3) is 6.77. The summed E-state index contributed by atoms with van der Waals surface area (Å²) < 4.78 is 45.3. The van der Waals surface area contributed by atoms with Crippen LogP contribution in [0.15, 0.2) is 73.1 Å². The molecule has 0 aliphatic carbocycles. The van der Waals surface area contributed by atoms with Gasteiger partial charge in [0.2, 0.25) is 0 Å². The van der Waals surface area contributed by atoms with Crippen LogP contribution in [0.3, 0.4) is 0 Å². The van der Waals surface area contributed by atoms with Crippen LogP contribution in [-0.2, 0) is 13.2 Å². The molecule has 4 aromatic rings. The average Bonchev–Trinajstić information content (AvgIpc) is 3.36. The molecule has 1 aliphatic rings. The topological polar surface area (TPSA) is 72.3 Å². The molecular weight excluding hydrogens is 531 g/mol. The van der Waals surface area contributed by atoms with E-state index in [0.717, 1.165) is 16.7 Å². The molecule has 0 saturated carbocycles. The van der Waals surface area contributed by atoms with Crippen LogP contribution in [0.5, 0.6) is 5.75 Å². The second-order valence-corrected chi connectivity index (χ2v) is 10.3. The van der Waals surface area contributed by atoms with E-state index in [1.807, 2.05) is 36.4 Å². The van der Waals surface area contributed by atoms with Crippen LogP contribution in [0.1, 0.15) is 41.4 Å². The Bertz CT molecular complexity index is 1470. The van der Waals surface area contributed by atoms with Crippen molar-refractivity contribution in [2.24, 2.45) is 0 Å². The zero-order valence-corrected chi connectivity index (χ0v) is 23.0. The molecular formula is C31H32F3N5O2. The normalized spacial score (nSPS) is 13.5. The summed E-state index contributed by atoms with van der Waals surface area (Å²) in [5, 5.41) is 7.14. The van der Waals surface area contributed by atoms with E-state index < -0.39 is 12.7 Å². The summed E-state index contributed by atoms with van der Waals surface area (Å²) in [5.41, 5.74) is 5.68. The number of nitrogens with one attached hydrogen (secondary N) is 1. The van der Waals surface area contributed by atoms with Gasteiger partial charge in [-0.25, -0.2) is 0 Å². The van der Waals surface area contributed by atoms with E-state index in [-0.39, 0.29) is 19.0 Å². The molecule has 7 nitrogen and oxygen atoms in total. The molecule has 2 aromatic carbocycles. The second-order valence-electron chi connectivity index (χ2n) is 10.3. The Kier molecular flexibility index (Phi) is 8.39. The molecule has 0 bridgehead atoms. The largest absolute Gasteiger partial charge is 0.489 e. The number of alkyl halides is 3. The molecule has 41 heavy (non-hydrogen) atoms. The lowest BCUT2D eigenvalue weighted by molar-refractivity contribution is -0.124. The molecule has 1 aliphatic heterocycles. The maximum Gasteiger partial charge on any atom is 0.401 e. The van der Waals surface area contributed by atoms with Crippen molar-refractivity contribution in [1.29, 1.82) is 0 Å². The first-order valence-corrected chi connectivity index (χ1v) is 13.6. The Morgan fingerprint density at radius 2 is 1.66 bits per heavy atom. The standard InChI is InChI=1S/C31H32F3N5O2/c1-21(2)23-5-3-22(4-6-23)19-41-26-9-7-24(8-10-26)27-28(25-11-13-35-14-12-25)37-39-18-17-38(30(40)29(27)39)16-15-36-20-31(32,33)34/h3-14,21,36H,15-20H2,1-2H3. The third-order valence-electron chi connectivity index (χ3n) is 7.06. The number of benzene rings is 2. The van der Waals surface area contributed by atoms with Gasteiger partial charge in [0.25, 0.3) is 5.91 Å². The molecule has 1 N–H and O–H groups in total. The van der Waals surface area contributed by atoms with Crippen molar-refractivity contribution in [1.82, 2.24) is 25.0 Å². The Morgan fingerprint density at radius 1 is 0.951 bits per heavy atom. The number of amides is 1. The van der Waals surface area contributed by atoms with Crippen LogP contribution in [0.2, 0.25) is 0 Å². The molecule has 1 amide bonds. The first kappa shape index (κ1) is 28.4. The van der Waals surface area contributed by atoms with Gasteiger partial charge >= 0.3 is 6.18 Å². The van der Waals surface area contributed by atoms with Crippen LogP contribution in [0, 0.1) is 0 Å². The highest BCUT2D eigenvalue weighted by atomic mass is 19.4. The molecule has 0 atom stereocenters. The Morgan fingerprint density at radius 3 is 2.32 bits per heavy atom. The Labute approximate surface area is 237 Å². The van der Waals surface area contributed by atoms with Crippen LogP contribution in [0.4, 0.5) is 13.2 Å². The van der Waals surface area contributed by atoms with Crippen molar-refractivity contribution in [3.05, 3.63) is 89.9 Å².